The van der Waals surface area contributed by atoms with Gasteiger partial charge in [-0.2, -0.15) is 0 Å². The maximum absolute atomic E-state index is 11.1. The second-order valence-corrected chi connectivity index (χ2v) is 5.11. The van der Waals surface area contributed by atoms with Gasteiger partial charge in [0.1, 0.15) is 49.3 Å². The van der Waals surface area contributed by atoms with Crippen LogP contribution >= 0.6 is 0 Å². The molecule has 0 saturated carbocycles. The number of hydrogen-bond acceptors (Lipinski definition) is 11. The van der Waals surface area contributed by atoms with Gasteiger partial charge in [0, 0.05) is 0 Å². The minimum absolute atomic E-state index is 0.706. The highest BCUT2D eigenvalue weighted by Crippen LogP contribution is 2.23. The monoisotopic (exact) mass is 342 g/mol. The van der Waals surface area contributed by atoms with Crippen LogP contribution in [0.5, 0.6) is 0 Å². The maximum atomic E-state index is 11.1. The van der Waals surface area contributed by atoms with Gasteiger partial charge >= 0.3 is 0 Å². The zero-order chi connectivity index (χ0) is 17.7. The molecule has 0 bridgehead atoms. The van der Waals surface area contributed by atoms with E-state index < -0.39 is 74.6 Å². The lowest BCUT2D eigenvalue weighted by Gasteiger charge is -2.41. The van der Waals surface area contributed by atoms with Crippen molar-refractivity contribution in [2.24, 2.45) is 0 Å². The summed E-state index contributed by atoms with van der Waals surface area (Å²) in [5.74, 6) is -1.12. The quantitative estimate of drug-likeness (QED) is 0.209. The Hall–Kier alpha value is -0.730. The molecule has 1 fully saturated rings. The molecule has 0 amide bonds. The van der Waals surface area contributed by atoms with Gasteiger partial charge in [-0.3, -0.25) is 4.79 Å². The lowest BCUT2D eigenvalue weighted by molar-refractivity contribution is -0.321. The molecule has 0 aromatic carbocycles. The highest BCUT2D eigenvalue weighted by molar-refractivity contribution is 5.84. The molecule has 8 N–H and O–H groups in total. The highest BCUT2D eigenvalue weighted by Gasteiger charge is 2.46. The standard InChI is InChI=1S/C12H22O11/c13-1-4(16)7(17)8(18)5(2-14)22-12-11(21)10(20)9(19)6(3-15)23-12/h5-15,17-21H,1-3H2/t5-,6-,7-,8-,9-,10+,11-,12-/m1/s1. The molecule has 0 aliphatic carbocycles. The van der Waals surface area contributed by atoms with Crippen molar-refractivity contribution in [1.29, 1.82) is 0 Å². The van der Waals surface area contributed by atoms with Crippen molar-refractivity contribution in [3.8, 4) is 0 Å². The summed E-state index contributed by atoms with van der Waals surface area (Å²) in [6.07, 6.45) is -13.7. The van der Waals surface area contributed by atoms with Crippen LogP contribution in [0, 0.1) is 0 Å². The first-order valence-electron chi connectivity index (χ1n) is 6.85. The van der Waals surface area contributed by atoms with Crippen LogP contribution in [0.4, 0.5) is 0 Å². The van der Waals surface area contributed by atoms with Crippen LogP contribution in [-0.4, -0.2) is 115 Å². The van der Waals surface area contributed by atoms with Gasteiger partial charge in [0.2, 0.25) is 0 Å². The van der Waals surface area contributed by atoms with Gasteiger partial charge < -0.3 is 50.3 Å². The summed E-state index contributed by atoms with van der Waals surface area (Å²) in [5.41, 5.74) is 0. The maximum Gasteiger partial charge on any atom is 0.189 e. The topological polar surface area (TPSA) is 197 Å². The normalized spacial score (nSPS) is 35.6. The molecule has 1 heterocycles. The third kappa shape index (κ3) is 4.64. The van der Waals surface area contributed by atoms with E-state index in [4.69, 9.17) is 19.7 Å². The Morgan fingerprint density at radius 1 is 1.04 bits per heavy atom. The Bertz CT molecular complexity index is 376. The minimum Gasteiger partial charge on any atom is -0.394 e. The van der Waals surface area contributed by atoms with Crippen LogP contribution in [0.25, 0.3) is 0 Å². The SMILES string of the molecule is O=C(CO)[C@@H](O)[C@H](O)[C@@H](CO)O[C@@H]1O[C@H](CO)[C@@H](O)[C@H](O)[C@H]1O. The van der Waals surface area contributed by atoms with Crippen molar-refractivity contribution in [3.05, 3.63) is 0 Å². The molecule has 0 radical (unpaired) electrons. The van der Waals surface area contributed by atoms with Gasteiger partial charge in [0.25, 0.3) is 0 Å². The van der Waals surface area contributed by atoms with Gasteiger partial charge in [-0.25, -0.2) is 0 Å². The van der Waals surface area contributed by atoms with E-state index in [0.717, 1.165) is 0 Å². The molecule has 0 unspecified atom stereocenters. The molecular formula is C12H22O11. The van der Waals surface area contributed by atoms with Gasteiger partial charge in [-0.05, 0) is 0 Å². The number of Topliss-reactive ketones (excluding diaryl/α,β-unsaturated/α-hetero) is 1. The Morgan fingerprint density at radius 3 is 2.13 bits per heavy atom. The fourth-order valence-corrected chi connectivity index (χ4v) is 2.07. The van der Waals surface area contributed by atoms with Crippen LogP contribution in [0.2, 0.25) is 0 Å². The van der Waals surface area contributed by atoms with Gasteiger partial charge in [0.05, 0.1) is 13.2 Å². The summed E-state index contributed by atoms with van der Waals surface area (Å²) in [6.45, 7) is -2.65. The lowest BCUT2D eigenvalue weighted by Crippen LogP contribution is -2.61. The van der Waals surface area contributed by atoms with Crippen LogP contribution in [-0.2, 0) is 14.3 Å². The second kappa shape index (κ2) is 8.94. The molecule has 11 nitrogen and oxygen atoms in total. The average molecular weight is 342 g/mol. The molecule has 0 aromatic heterocycles. The Labute approximate surface area is 130 Å². The number of aliphatic hydroxyl groups is 8. The summed E-state index contributed by atoms with van der Waals surface area (Å²) in [5, 5.41) is 75.1. The van der Waals surface area contributed by atoms with Crippen molar-refractivity contribution < 1.29 is 55.1 Å². The molecule has 136 valence electrons. The molecule has 0 aromatic rings. The van der Waals surface area contributed by atoms with E-state index in [9.17, 15) is 35.4 Å². The molecule has 1 aliphatic rings. The van der Waals surface area contributed by atoms with E-state index in [-0.39, 0.29) is 0 Å². The first-order valence-corrected chi connectivity index (χ1v) is 6.85. The lowest BCUT2D eigenvalue weighted by atomic mass is 9.99. The predicted octanol–water partition coefficient (Wildman–Crippen LogP) is -5.55. The third-order valence-electron chi connectivity index (χ3n) is 3.53. The minimum atomic E-state index is -2.05. The Morgan fingerprint density at radius 2 is 1.65 bits per heavy atom. The molecule has 1 rings (SSSR count). The van der Waals surface area contributed by atoms with Gasteiger partial charge in [-0.15, -0.1) is 0 Å². The molecule has 8 atom stereocenters. The second-order valence-electron chi connectivity index (χ2n) is 5.11. The number of hydrogen-bond donors (Lipinski definition) is 8. The molecule has 1 aliphatic heterocycles. The first kappa shape index (κ1) is 20.3. The zero-order valence-corrected chi connectivity index (χ0v) is 12.0. The number of carbonyl (C=O) groups is 1. The van der Waals surface area contributed by atoms with Crippen LogP contribution in [0.3, 0.4) is 0 Å². The van der Waals surface area contributed by atoms with E-state index in [1.165, 1.54) is 0 Å². The summed E-state index contributed by atoms with van der Waals surface area (Å²) < 4.78 is 10.0. The third-order valence-corrected chi connectivity index (χ3v) is 3.53. The summed E-state index contributed by atoms with van der Waals surface area (Å²) in [7, 11) is 0. The molecule has 11 heteroatoms. The highest BCUT2D eigenvalue weighted by atomic mass is 16.7. The van der Waals surface area contributed by atoms with E-state index in [1.54, 1.807) is 0 Å². The summed E-state index contributed by atoms with van der Waals surface area (Å²) in [6, 6.07) is 0. The Kier molecular flexibility index (Phi) is 7.89. The van der Waals surface area contributed by atoms with Gasteiger partial charge in [-0.1, -0.05) is 0 Å². The fraction of sp³-hybridized carbons (Fsp3) is 0.917. The molecule has 23 heavy (non-hydrogen) atoms. The number of carbonyl (C=O) groups excluding carboxylic acids is 1. The predicted molar refractivity (Wildman–Crippen MR) is 69.8 cm³/mol. The largest absolute Gasteiger partial charge is 0.394 e. The average Bonchev–Trinajstić information content (AvgIpc) is 2.57. The van der Waals surface area contributed by atoms with Crippen LogP contribution in [0.1, 0.15) is 0 Å². The number of ketones is 1. The van der Waals surface area contributed by atoms with Crippen LogP contribution in [0.15, 0.2) is 0 Å². The summed E-state index contributed by atoms with van der Waals surface area (Å²) in [4.78, 5) is 11.1. The van der Waals surface area contributed by atoms with Crippen molar-refractivity contribution in [3.63, 3.8) is 0 Å². The van der Waals surface area contributed by atoms with Crippen LogP contribution < -0.4 is 0 Å². The number of ether oxygens (including phenoxy) is 2. The van der Waals surface area contributed by atoms with Crippen molar-refractivity contribution in [1.82, 2.24) is 0 Å². The van der Waals surface area contributed by atoms with E-state index in [2.05, 4.69) is 0 Å². The molecular weight excluding hydrogens is 320 g/mol. The van der Waals surface area contributed by atoms with Crippen molar-refractivity contribution >= 4 is 5.78 Å². The summed E-state index contributed by atoms with van der Waals surface area (Å²) >= 11 is 0. The molecule has 0 spiro atoms. The van der Waals surface area contributed by atoms with E-state index in [1.807, 2.05) is 0 Å². The van der Waals surface area contributed by atoms with E-state index >= 15 is 0 Å². The van der Waals surface area contributed by atoms with Gasteiger partial charge in [0.15, 0.2) is 12.1 Å². The van der Waals surface area contributed by atoms with E-state index in [0.29, 0.717) is 0 Å². The van der Waals surface area contributed by atoms with Crippen molar-refractivity contribution in [2.75, 3.05) is 19.8 Å². The Balaban J connectivity index is 2.79. The fourth-order valence-electron chi connectivity index (χ4n) is 2.07. The smallest absolute Gasteiger partial charge is 0.189 e. The number of rotatable bonds is 8. The first-order chi connectivity index (χ1) is 10.8. The zero-order valence-electron chi connectivity index (χ0n) is 12.0. The number of aliphatic hydroxyl groups excluding tert-OH is 8. The van der Waals surface area contributed by atoms with Crippen molar-refractivity contribution in [2.45, 2.75) is 49.0 Å². The molecule has 1 saturated heterocycles.